The molecule has 5 rings (SSSR count). The highest BCUT2D eigenvalue weighted by atomic mass is 16.2. The van der Waals surface area contributed by atoms with Crippen LogP contribution >= 0.6 is 0 Å². The Hall–Kier alpha value is -3.74. The Labute approximate surface area is 179 Å². The van der Waals surface area contributed by atoms with E-state index in [1.54, 1.807) is 18.5 Å². The third-order valence-corrected chi connectivity index (χ3v) is 6.09. The molecular weight excluding hydrogens is 392 g/mol. The van der Waals surface area contributed by atoms with Gasteiger partial charge in [-0.15, -0.1) is 0 Å². The van der Waals surface area contributed by atoms with Crippen molar-refractivity contribution < 1.29 is 14.4 Å². The number of anilines is 2. The van der Waals surface area contributed by atoms with Gasteiger partial charge in [-0.25, -0.2) is 0 Å². The standard InChI is InChI=1S/C24H22N4O3/c1-27-23(30)17-6-5-15(13-18(17)24(27)31)22(29)26-20-7-8-21(28-11-3-2-4-12-28)16-9-10-25-14-19(16)20/h5-10,13-14H,2-4,11-12H2,1H3,(H,26,29). The number of piperidine rings is 1. The molecule has 3 aromatic rings. The van der Waals surface area contributed by atoms with E-state index in [1.165, 1.54) is 38.4 Å². The van der Waals surface area contributed by atoms with Crippen molar-refractivity contribution >= 4 is 39.9 Å². The Morgan fingerprint density at radius 3 is 2.52 bits per heavy atom. The highest BCUT2D eigenvalue weighted by Crippen LogP contribution is 2.33. The molecule has 1 aromatic heterocycles. The van der Waals surface area contributed by atoms with E-state index in [0.29, 0.717) is 16.8 Å². The number of fused-ring (bicyclic) bond motifs is 2. The van der Waals surface area contributed by atoms with Gasteiger partial charge >= 0.3 is 0 Å². The maximum Gasteiger partial charge on any atom is 0.261 e. The average Bonchev–Trinajstić information content (AvgIpc) is 3.03. The Morgan fingerprint density at radius 1 is 0.935 bits per heavy atom. The first-order chi connectivity index (χ1) is 15.0. The van der Waals surface area contributed by atoms with Gasteiger partial charge in [0.2, 0.25) is 0 Å². The molecule has 1 saturated heterocycles. The molecule has 2 aliphatic rings. The maximum absolute atomic E-state index is 13.0. The van der Waals surface area contributed by atoms with Gasteiger partial charge in [-0.05, 0) is 55.7 Å². The Kier molecular flexibility index (Phi) is 4.66. The first kappa shape index (κ1) is 19.2. The van der Waals surface area contributed by atoms with Crippen LogP contribution in [-0.4, -0.2) is 47.7 Å². The molecule has 2 aliphatic heterocycles. The van der Waals surface area contributed by atoms with Crippen molar-refractivity contribution in [2.24, 2.45) is 0 Å². The highest BCUT2D eigenvalue weighted by molar-refractivity contribution is 6.22. The monoisotopic (exact) mass is 414 g/mol. The second-order valence-electron chi connectivity index (χ2n) is 7.99. The van der Waals surface area contributed by atoms with Gasteiger partial charge < -0.3 is 10.2 Å². The summed E-state index contributed by atoms with van der Waals surface area (Å²) in [5, 5.41) is 4.87. The molecule has 0 bridgehead atoms. The quantitative estimate of drug-likeness (QED) is 0.661. The number of imide groups is 1. The predicted octanol–water partition coefficient (Wildman–Crippen LogP) is 3.70. The van der Waals surface area contributed by atoms with E-state index in [-0.39, 0.29) is 17.4 Å². The van der Waals surface area contributed by atoms with E-state index >= 15 is 0 Å². The van der Waals surface area contributed by atoms with Crippen LogP contribution in [0, 0.1) is 0 Å². The normalized spacial score (nSPS) is 16.0. The molecule has 156 valence electrons. The molecule has 0 saturated carbocycles. The van der Waals surface area contributed by atoms with E-state index in [4.69, 9.17) is 0 Å². The molecule has 31 heavy (non-hydrogen) atoms. The minimum atomic E-state index is -0.393. The summed E-state index contributed by atoms with van der Waals surface area (Å²) in [6.07, 6.45) is 7.15. The summed E-state index contributed by atoms with van der Waals surface area (Å²) < 4.78 is 0. The van der Waals surface area contributed by atoms with Crippen LogP contribution in [0.15, 0.2) is 48.8 Å². The van der Waals surface area contributed by atoms with Crippen LogP contribution in [0.1, 0.15) is 50.3 Å². The lowest BCUT2D eigenvalue weighted by atomic mass is 10.0. The molecule has 7 nitrogen and oxygen atoms in total. The van der Waals surface area contributed by atoms with Crippen LogP contribution in [0.25, 0.3) is 10.8 Å². The Bertz CT molecular complexity index is 1230. The van der Waals surface area contributed by atoms with Gasteiger partial charge in [0, 0.05) is 54.6 Å². The molecule has 3 amide bonds. The number of carbonyl (C=O) groups excluding carboxylic acids is 3. The second kappa shape index (κ2) is 7.50. The van der Waals surface area contributed by atoms with Gasteiger partial charge in [-0.1, -0.05) is 0 Å². The Balaban J connectivity index is 1.47. The van der Waals surface area contributed by atoms with Crippen LogP contribution in [-0.2, 0) is 0 Å². The van der Waals surface area contributed by atoms with E-state index in [1.807, 2.05) is 18.2 Å². The maximum atomic E-state index is 13.0. The summed E-state index contributed by atoms with van der Waals surface area (Å²) >= 11 is 0. The van der Waals surface area contributed by atoms with Gasteiger partial charge in [-0.3, -0.25) is 24.3 Å². The zero-order chi connectivity index (χ0) is 21.5. The van der Waals surface area contributed by atoms with Crippen molar-refractivity contribution in [2.45, 2.75) is 19.3 Å². The Morgan fingerprint density at radius 2 is 1.71 bits per heavy atom. The average molecular weight is 414 g/mol. The van der Waals surface area contributed by atoms with E-state index in [2.05, 4.69) is 15.2 Å². The molecule has 2 aromatic carbocycles. The van der Waals surface area contributed by atoms with Gasteiger partial charge in [0.05, 0.1) is 16.8 Å². The van der Waals surface area contributed by atoms with E-state index in [0.717, 1.165) is 34.4 Å². The third-order valence-electron chi connectivity index (χ3n) is 6.09. The number of hydrogen-bond donors (Lipinski definition) is 1. The topological polar surface area (TPSA) is 82.6 Å². The van der Waals surface area contributed by atoms with Crippen molar-refractivity contribution in [1.82, 2.24) is 9.88 Å². The van der Waals surface area contributed by atoms with Crippen molar-refractivity contribution in [3.63, 3.8) is 0 Å². The van der Waals surface area contributed by atoms with E-state index in [9.17, 15) is 14.4 Å². The molecule has 1 fully saturated rings. The fourth-order valence-corrected chi connectivity index (χ4v) is 4.39. The molecule has 0 aliphatic carbocycles. The molecule has 0 atom stereocenters. The number of aromatic nitrogens is 1. The molecule has 0 unspecified atom stereocenters. The minimum absolute atomic E-state index is 0.257. The van der Waals surface area contributed by atoms with Crippen LogP contribution in [0.2, 0.25) is 0 Å². The number of hydrogen-bond acceptors (Lipinski definition) is 5. The lowest BCUT2D eigenvalue weighted by Gasteiger charge is -2.30. The summed E-state index contributed by atoms with van der Waals surface area (Å²) in [6.45, 7) is 2.05. The van der Waals surface area contributed by atoms with Crippen molar-refractivity contribution in [3.8, 4) is 0 Å². The number of carbonyl (C=O) groups is 3. The van der Waals surface area contributed by atoms with Crippen LogP contribution in [0.3, 0.4) is 0 Å². The lowest BCUT2D eigenvalue weighted by Crippen LogP contribution is -2.29. The predicted molar refractivity (Wildman–Crippen MR) is 119 cm³/mol. The summed E-state index contributed by atoms with van der Waals surface area (Å²) in [4.78, 5) is 45.0. The summed E-state index contributed by atoms with van der Waals surface area (Å²) in [7, 11) is 1.44. The van der Waals surface area contributed by atoms with Crippen molar-refractivity contribution in [3.05, 3.63) is 65.5 Å². The fourth-order valence-electron chi connectivity index (χ4n) is 4.39. The smallest absolute Gasteiger partial charge is 0.261 e. The summed E-state index contributed by atoms with van der Waals surface area (Å²) in [5.41, 5.74) is 2.72. The molecule has 7 heteroatoms. The zero-order valence-corrected chi connectivity index (χ0v) is 17.2. The molecular formula is C24H22N4O3. The van der Waals surface area contributed by atoms with Gasteiger partial charge in [-0.2, -0.15) is 0 Å². The number of nitrogens with zero attached hydrogens (tertiary/aromatic N) is 3. The largest absolute Gasteiger partial charge is 0.371 e. The summed E-state index contributed by atoms with van der Waals surface area (Å²) in [6, 6.07) is 10.5. The number of nitrogens with one attached hydrogen (secondary N) is 1. The number of amides is 3. The van der Waals surface area contributed by atoms with Crippen molar-refractivity contribution in [2.75, 3.05) is 30.4 Å². The third kappa shape index (κ3) is 3.22. The van der Waals surface area contributed by atoms with Crippen LogP contribution in [0.5, 0.6) is 0 Å². The summed E-state index contributed by atoms with van der Waals surface area (Å²) in [5.74, 6) is -1.08. The molecule has 3 heterocycles. The van der Waals surface area contributed by atoms with E-state index < -0.39 is 5.91 Å². The highest BCUT2D eigenvalue weighted by Gasteiger charge is 2.33. The van der Waals surface area contributed by atoms with Gasteiger partial charge in [0.1, 0.15) is 0 Å². The number of pyridine rings is 1. The van der Waals surface area contributed by atoms with Gasteiger partial charge in [0.25, 0.3) is 17.7 Å². The SMILES string of the molecule is CN1C(=O)c2ccc(C(=O)Nc3ccc(N4CCCCC4)c4ccncc34)cc2C1=O. The second-order valence-corrected chi connectivity index (χ2v) is 7.99. The molecule has 1 N–H and O–H groups in total. The molecule has 0 radical (unpaired) electrons. The fraction of sp³-hybridized carbons (Fsp3) is 0.250. The number of benzene rings is 2. The molecule has 0 spiro atoms. The van der Waals surface area contributed by atoms with Crippen molar-refractivity contribution in [1.29, 1.82) is 0 Å². The van der Waals surface area contributed by atoms with Crippen LogP contribution < -0.4 is 10.2 Å². The lowest BCUT2D eigenvalue weighted by molar-refractivity contribution is 0.0693. The first-order valence-corrected chi connectivity index (χ1v) is 10.4. The minimum Gasteiger partial charge on any atom is -0.371 e. The zero-order valence-electron chi connectivity index (χ0n) is 17.2. The van der Waals surface area contributed by atoms with Gasteiger partial charge in [0.15, 0.2) is 0 Å². The first-order valence-electron chi connectivity index (χ1n) is 10.4. The van der Waals surface area contributed by atoms with Crippen LogP contribution in [0.4, 0.5) is 11.4 Å². The number of rotatable bonds is 3.